The molecule has 0 spiro atoms. The zero-order valence-electron chi connectivity index (χ0n) is 18.4. The van der Waals surface area contributed by atoms with Gasteiger partial charge in [-0.2, -0.15) is 0 Å². The number of ether oxygens (including phenoxy) is 1. The first kappa shape index (κ1) is 25.3. The quantitative estimate of drug-likeness (QED) is 0.465. The van der Waals surface area contributed by atoms with Crippen molar-refractivity contribution in [3.05, 3.63) is 56.7 Å². The Bertz CT molecular complexity index is 1130. The number of amides is 1. The number of nitrogens with zero attached hydrogens (tertiary/aromatic N) is 2. The standard InChI is InChI=1S/C21H30N4O6S/c1-3-11-25-19(22)18(20(27)23-21(25)28)24(12-13-31-2)17(26)15-32(29,30)14-7-10-16-8-5-4-6-9-16/h4-6,8-9H,3,7,10-15,22H2,1-2H3,(H,23,27,28). The molecule has 0 aliphatic carbocycles. The summed E-state index contributed by atoms with van der Waals surface area (Å²) in [5, 5.41) is 0. The molecule has 1 heterocycles. The topological polar surface area (TPSA) is 145 Å². The van der Waals surface area contributed by atoms with Crippen molar-refractivity contribution in [3.63, 3.8) is 0 Å². The lowest BCUT2D eigenvalue weighted by molar-refractivity contribution is -0.116. The van der Waals surface area contributed by atoms with Gasteiger partial charge in [-0.15, -0.1) is 0 Å². The molecule has 1 aromatic carbocycles. The molecule has 1 aromatic heterocycles. The predicted octanol–water partition coefficient (Wildman–Crippen LogP) is 0.556. The van der Waals surface area contributed by atoms with Gasteiger partial charge in [0.15, 0.2) is 15.5 Å². The van der Waals surface area contributed by atoms with Crippen LogP contribution in [-0.4, -0.2) is 55.6 Å². The highest BCUT2D eigenvalue weighted by Crippen LogP contribution is 2.18. The van der Waals surface area contributed by atoms with Crippen LogP contribution in [0.5, 0.6) is 0 Å². The lowest BCUT2D eigenvalue weighted by atomic mass is 10.1. The third kappa shape index (κ3) is 6.79. The van der Waals surface area contributed by atoms with Gasteiger partial charge in [0.05, 0.1) is 12.4 Å². The van der Waals surface area contributed by atoms with Crippen LogP contribution in [0.4, 0.5) is 11.5 Å². The van der Waals surface area contributed by atoms with Gasteiger partial charge < -0.3 is 15.4 Å². The summed E-state index contributed by atoms with van der Waals surface area (Å²) in [5.41, 5.74) is 5.26. The molecule has 3 N–H and O–H groups in total. The van der Waals surface area contributed by atoms with Gasteiger partial charge in [0, 0.05) is 20.2 Å². The molecular formula is C21H30N4O6S. The van der Waals surface area contributed by atoms with E-state index in [2.05, 4.69) is 4.98 Å². The van der Waals surface area contributed by atoms with Gasteiger partial charge in [-0.3, -0.25) is 19.1 Å². The van der Waals surface area contributed by atoms with Crippen LogP contribution in [-0.2, 0) is 32.3 Å². The van der Waals surface area contributed by atoms with Crippen LogP contribution in [0.2, 0.25) is 0 Å². The number of hydrogen-bond acceptors (Lipinski definition) is 7. The number of methoxy groups -OCH3 is 1. The Balaban J connectivity index is 2.24. The molecule has 176 valence electrons. The number of hydrogen-bond donors (Lipinski definition) is 2. The number of nitrogen functional groups attached to an aromatic ring is 1. The molecule has 0 bridgehead atoms. The first-order valence-corrected chi connectivity index (χ1v) is 12.2. The number of nitrogens with two attached hydrogens (primary N) is 1. The van der Waals surface area contributed by atoms with Crippen molar-refractivity contribution >= 4 is 27.2 Å². The highest BCUT2D eigenvalue weighted by atomic mass is 32.2. The van der Waals surface area contributed by atoms with E-state index in [9.17, 15) is 22.8 Å². The van der Waals surface area contributed by atoms with E-state index in [1.54, 1.807) is 0 Å². The summed E-state index contributed by atoms with van der Waals surface area (Å²) in [6.07, 6.45) is 1.50. The fraction of sp³-hybridized carbons (Fsp3) is 0.476. The molecular weight excluding hydrogens is 436 g/mol. The van der Waals surface area contributed by atoms with Gasteiger partial charge in [-0.1, -0.05) is 37.3 Å². The van der Waals surface area contributed by atoms with Crippen LogP contribution >= 0.6 is 0 Å². The molecule has 11 heteroatoms. The lowest BCUT2D eigenvalue weighted by Gasteiger charge is -2.24. The van der Waals surface area contributed by atoms with E-state index in [0.29, 0.717) is 19.3 Å². The highest BCUT2D eigenvalue weighted by molar-refractivity contribution is 7.92. The molecule has 0 radical (unpaired) electrons. The minimum atomic E-state index is -3.74. The zero-order chi connectivity index (χ0) is 23.7. The van der Waals surface area contributed by atoms with Gasteiger partial charge in [-0.05, 0) is 24.8 Å². The van der Waals surface area contributed by atoms with Crippen molar-refractivity contribution in [1.82, 2.24) is 9.55 Å². The molecule has 1 amide bonds. The Morgan fingerprint density at radius 2 is 1.91 bits per heavy atom. The summed E-state index contributed by atoms with van der Waals surface area (Å²) in [7, 11) is -2.33. The van der Waals surface area contributed by atoms with E-state index >= 15 is 0 Å². The molecule has 0 fully saturated rings. The number of benzene rings is 1. The summed E-state index contributed by atoms with van der Waals surface area (Å²) >= 11 is 0. The number of carbonyl (C=O) groups is 1. The van der Waals surface area contributed by atoms with E-state index < -0.39 is 32.7 Å². The third-order valence-corrected chi connectivity index (χ3v) is 6.46. The largest absolute Gasteiger partial charge is 0.383 e. The second-order valence-corrected chi connectivity index (χ2v) is 9.55. The number of H-pyrrole nitrogens is 1. The van der Waals surface area contributed by atoms with Crippen molar-refractivity contribution in [1.29, 1.82) is 0 Å². The van der Waals surface area contributed by atoms with E-state index in [4.69, 9.17) is 10.5 Å². The van der Waals surface area contributed by atoms with Gasteiger partial charge in [0.2, 0.25) is 5.91 Å². The predicted molar refractivity (Wildman–Crippen MR) is 124 cm³/mol. The highest BCUT2D eigenvalue weighted by Gasteiger charge is 2.27. The van der Waals surface area contributed by atoms with Crippen LogP contribution in [0.25, 0.3) is 0 Å². The van der Waals surface area contributed by atoms with Gasteiger partial charge in [0.1, 0.15) is 11.6 Å². The minimum absolute atomic E-state index is 0.0472. The maximum absolute atomic E-state index is 13.0. The normalized spacial score (nSPS) is 11.4. The average Bonchev–Trinajstić information content (AvgIpc) is 2.73. The number of nitrogens with one attached hydrogen (secondary N) is 1. The second-order valence-electron chi connectivity index (χ2n) is 7.36. The lowest BCUT2D eigenvalue weighted by Crippen LogP contribution is -2.44. The number of anilines is 2. The van der Waals surface area contributed by atoms with Crippen LogP contribution < -0.4 is 21.9 Å². The number of aromatic nitrogens is 2. The average molecular weight is 467 g/mol. The fourth-order valence-electron chi connectivity index (χ4n) is 3.31. The molecule has 32 heavy (non-hydrogen) atoms. The monoisotopic (exact) mass is 466 g/mol. The number of aromatic amines is 1. The maximum Gasteiger partial charge on any atom is 0.330 e. The van der Waals surface area contributed by atoms with Crippen molar-refractivity contribution in [2.75, 3.05) is 42.4 Å². The summed E-state index contributed by atoms with van der Waals surface area (Å²) in [5.74, 6) is -1.95. The third-order valence-electron chi connectivity index (χ3n) is 4.86. The summed E-state index contributed by atoms with van der Waals surface area (Å²) in [6, 6.07) is 9.45. The Hall–Kier alpha value is -2.92. The summed E-state index contributed by atoms with van der Waals surface area (Å²) in [6.45, 7) is 2.02. The van der Waals surface area contributed by atoms with Crippen LogP contribution in [0.15, 0.2) is 39.9 Å². The molecule has 0 aliphatic heterocycles. The molecule has 0 aliphatic rings. The molecule has 2 aromatic rings. The first-order chi connectivity index (χ1) is 15.2. The van der Waals surface area contributed by atoms with Gasteiger partial charge in [0.25, 0.3) is 5.56 Å². The summed E-state index contributed by atoms with van der Waals surface area (Å²) in [4.78, 5) is 40.6. The molecule has 10 nitrogen and oxygen atoms in total. The molecule has 0 saturated carbocycles. The maximum atomic E-state index is 13.0. The van der Waals surface area contributed by atoms with Crippen LogP contribution in [0.1, 0.15) is 25.3 Å². The van der Waals surface area contributed by atoms with Crippen molar-refractivity contribution in [2.24, 2.45) is 0 Å². The Labute approximate surface area is 186 Å². The van der Waals surface area contributed by atoms with E-state index in [1.807, 2.05) is 37.3 Å². The summed E-state index contributed by atoms with van der Waals surface area (Å²) < 4.78 is 31.3. The Morgan fingerprint density at radius 3 is 2.53 bits per heavy atom. The molecule has 0 unspecified atom stereocenters. The molecule has 2 rings (SSSR count). The fourth-order valence-corrected chi connectivity index (χ4v) is 4.57. The van der Waals surface area contributed by atoms with Crippen LogP contribution in [0, 0.1) is 0 Å². The number of sulfone groups is 1. The van der Waals surface area contributed by atoms with Crippen molar-refractivity contribution in [2.45, 2.75) is 32.7 Å². The van der Waals surface area contributed by atoms with E-state index in [-0.39, 0.29) is 37.0 Å². The Kier molecular flexibility index (Phi) is 9.21. The second kappa shape index (κ2) is 11.6. The first-order valence-electron chi connectivity index (χ1n) is 10.4. The minimum Gasteiger partial charge on any atom is -0.383 e. The van der Waals surface area contributed by atoms with Crippen molar-refractivity contribution in [3.8, 4) is 0 Å². The van der Waals surface area contributed by atoms with Gasteiger partial charge >= 0.3 is 5.69 Å². The SMILES string of the molecule is CCCn1c(N)c(N(CCOC)C(=O)CS(=O)(=O)CCCc2ccccc2)c(=O)[nH]c1=O. The number of rotatable bonds is 12. The number of aryl methyl sites for hydroxylation is 1. The van der Waals surface area contributed by atoms with Gasteiger partial charge in [-0.25, -0.2) is 13.2 Å². The van der Waals surface area contributed by atoms with Crippen LogP contribution in [0.3, 0.4) is 0 Å². The molecule has 0 atom stereocenters. The molecule has 0 saturated heterocycles. The van der Waals surface area contributed by atoms with Crippen molar-refractivity contribution < 1.29 is 17.9 Å². The Morgan fingerprint density at radius 1 is 1.22 bits per heavy atom. The van der Waals surface area contributed by atoms with E-state index in [1.165, 1.54) is 7.11 Å². The smallest absolute Gasteiger partial charge is 0.330 e. The zero-order valence-corrected chi connectivity index (χ0v) is 19.2. The number of carbonyl (C=O) groups excluding carboxylic acids is 1. The van der Waals surface area contributed by atoms with E-state index in [0.717, 1.165) is 15.0 Å².